The van der Waals surface area contributed by atoms with Crippen LogP contribution in [0.2, 0.25) is 0 Å². The van der Waals surface area contributed by atoms with Crippen molar-refractivity contribution in [2.24, 2.45) is 4.99 Å². The van der Waals surface area contributed by atoms with Crippen LogP contribution in [-0.2, 0) is 11.3 Å². The van der Waals surface area contributed by atoms with Gasteiger partial charge in [0.1, 0.15) is 12.4 Å². The van der Waals surface area contributed by atoms with E-state index in [0.29, 0.717) is 0 Å². The first-order chi connectivity index (χ1) is 9.78. The molecule has 0 bridgehead atoms. The fraction of sp³-hybridized carbons (Fsp3) is 0.125. The second-order valence-electron chi connectivity index (χ2n) is 4.07. The number of aliphatic imine (C=N–C) groups is 1. The van der Waals surface area contributed by atoms with Gasteiger partial charge in [-0.2, -0.15) is 4.99 Å². The number of rotatable bonds is 4. The van der Waals surface area contributed by atoms with Crippen LogP contribution in [0.3, 0.4) is 0 Å². The van der Waals surface area contributed by atoms with Gasteiger partial charge in [-0.1, -0.05) is 30.3 Å². The Hall–Kier alpha value is -2.62. The summed E-state index contributed by atoms with van der Waals surface area (Å²) in [4.78, 5) is 15.2. The maximum atomic E-state index is 11.5. The molecule has 4 heteroatoms. The van der Waals surface area contributed by atoms with Gasteiger partial charge in [0, 0.05) is 6.21 Å². The van der Waals surface area contributed by atoms with Gasteiger partial charge in [0.2, 0.25) is 0 Å². The highest BCUT2D eigenvalue weighted by Gasteiger charge is 1.99. The molecule has 2 aromatic rings. The molecule has 0 radical (unpaired) electrons. The number of benzene rings is 2. The van der Waals surface area contributed by atoms with Gasteiger partial charge < -0.3 is 9.47 Å². The van der Waals surface area contributed by atoms with Crippen LogP contribution < -0.4 is 4.74 Å². The molecule has 20 heavy (non-hydrogen) atoms. The summed E-state index contributed by atoms with van der Waals surface area (Å²) < 4.78 is 10.1. The third-order valence-electron chi connectivity index (χ3n) is 2.64. The molecule has 1 amide bonds. The minimum Gasteiger partial charge on any atom is -0.497 e. The molecular weight excluding hydrogens is 254 g/mol. The second-order valence-corrected chi connectivity index (χ2v) is 4.07. The van der Waals surface area contributed by atoms with Crippen molar-refractivity contribution in [2.75, 3.05) is 7.11 Å². The summed E-state index contributed by atoms with van der Waals surface area (Å²) in [7, 11) is 1.60. The van der Waals surface area contributed by atoms with Gasteiger partial charge >= 0.3 is 6.09 Å². The van der Waals surface area contributed by atoms with E-state index < -0.39 is 6.09 Å². The van der Waals surface area contributed by atoms with Crippen LogP contribution in [0.25, 0.3) is 0 Å². The topological polar surface area (TPSA) is 47.9 Å². The van der Waals surface area contributed by atoms with E-state index in [1.807, 2.05) is 42.5 Å². The molecule has 0 saturated carbocycles. The van der Waals surface area contributed by atoms with Crippen molar-refractivity contribution in [3.63, 3.8) is 0 Å². The lowest BCUT2D eigenvalue weighted by Crippen LogP contribution is -1.99. The highest BCUT2D eigenvalue weighted by Crippen LogP contribution is 2.10. The second kappa shape index (κ2) is 7.09. The van der Waals surface area contributed by atoms with E-state index in [-0.39, 0.29) is 6.61 Å². The zero-order valence-electron chi connectivity index (χ0n) is 11.2. The van der Waals surface area contributed by atoms with Gasteiger partial charge in [-0.05, 0) is 35.4 Å². The van der Waals surface area contributed by atoms with Gasteiger partial charge in [-0.15, -0.1) is 0 Å². The minimum absolute atomic E-state index is 0.222. The smallest absolute Gasteiger partial charge is 0.433 e. The minimum atomic E-state index is -0.607. The first-order valence-electron chi connectivity index (χ1n) is 6.17. The van der Waals surface area contributed by atoms with E-state index >= 15 is 0 Å². The van der Waals surface area contributed by atoms with Crippen molar-refractivity contribution in [1.82, 2.24) is 0 Å². The van der Waals surface area contributed by atoms with Crippen LogP contribution >= 0.6 is 0 Å². The molecule has 0 N–H and O–H groups in total. The number of hydrogen-bond acceptors (Lipinski definition) is 3. The zero-order valence-corrected chi connectivity index (χ0v) is 11.2. The van der Waals surface area contributed by atoms with Crippen LogP contribution in [0, 0.1) is 0 Å². The highest BCUT2D eigenvalue weighted by atomic mass is 16.5. The zero-order chi connectivity index (χ0) is 14.2. The molecule has 0 fully saturated rings. The Balaban J connectivity index is 1.85. The molecule has 4 nitrogen and oxygen atoms in total. The molecule has 2 rings (SSSR count). The molecule has 0 atom stereocenters. The fourth-order valence-corrected chi connectivity index (χ4v) is 1.57. The van der Waals surface area contributed by atoms with Crippen molar-refractivity contribution in [1.29, 1.82) is 0 Å². The third kappa shape index (κ3) is 4.24. The van der Waals surface area contributed by atoms with Crippen LogP contribution in [-0.4, -0.2) is 19.4 Å². The van der Waals surface area contributed by atoms with Crippen LogP contribution in [0.15, 0.2) is 59.6 Å². The summed E-state index contributed by atoms with van der Waals surface area (Å²) in [6, 6.07) is 16.7. The van der Waals surface area contributed by atoms with Crippen molar-refractivity contribution in [3.8, 4) is 5.75 Å². The first-order valence-corrected chi connectivity index (χ1v) is 6.17. The Bertz CT molecular complexity index is 576. The van der Waals surface area contributed by atoms with Gasteiger partial charge in [0.25, 0.3) is 0 Å². The van der Waals surface area contributed by atoms with Crippen LogP contribution in [0.1, 0.15) is 11.1 Å². The lowest BCUT2D eigenvalue weighted by Gasteiger charge is -2.01. The molecule has 0 unspecified atom stereocenters. The summed E-state index contributed by atoms with van der Waals surface area (Å²) in [5, 5.41) is 0. The van der Waals surface area contributed by atoms with Crippen LogP contribution in [0.4, 0.5) is 4.79 Å². The predicted molar refractivity (Wildman–Crippen MR) is 77.2 cm³/mol. The maximum Gasteiger partial charge on any atom is 0.433 e. The molecule has 0 aliphatic rings. The number of methoxy groups -OCH3 is 1. The van der Waals surface area contributed by atoms with Gasteiger partial charge in [-0.25, -0.2) is 4.79 Å². The van der Waals surface area contributed by atoms with E-state index in [9.17, 15) is 4.79 Å². The van der Waals surface area contributed by atoms with Gasteiger partial charge in [0.05, 0.1) is 7.11 Å². The summed E-state index contributed by atoms with van der Waals surface area (Å²) >= 11 is 0. The lowest BCUT2D eigenvalue weighted by molar-refractivity contribution is 0.151. The van der Waals surface area contributed by atoms with Gasteiger partial charge in [-0.3, -0.25) is 0 Å². The molecule has 0 aliphatic carbocycles. The Morgan fingerprint density at radius 1 is 1.10 bits per heavy atom. The Labute approximate surface area is 117 Å². The molecule has 102 valence electrons. The normalized spacial score (nSPS) is 10.4. The first kappa shape index (κ1) is 13.8. The Kier molecular flexibility index (Phi) is 4.89. The number of carbonyl (C=O) groups is 1. The number of nitrogens with zero attached hydrogens (tertiary/aromatic N) is 1. The summed E-state index contributed by atoms with van der Waals surface area (Å²) in [6.07, 6.45) is 0.858. The number of ether oxygens (including phenoxy) is 2. The Morgan fingerprint density at radius 3 is 2.45 bits per heavy atom. The van der Waals surface area contributed by atoms with Crippen molar-refractivity contribution >= 4 is 12.3 Å². The van der Waals surface area contributed by atoms with E-state index in [0.717, 1.165) is 16.9 Å². The number of hydrogen-bond donors (Lipinski definition) is 0. The van der Waals surface area contributed by atoms with Crippen molar-refractivity contribution in [3.05, 3.63) is 65.7 Å². The standard InChI is InChI=1S/C16H15NO3/c1-19-15-9-7-13(8-10-15)11-17-16(18)20-12-14-5-3-2-4-6-14/h2-11H,12H2,1H3/b17-11+. The average Bonchev–Trinajstić information content (AvgIpc) is 2.52. The third-order valence-corrected chi connectivity index (χ3v) is 2.64. The lowest BCUT2D eigenvalue weighted by atomic mass is 10.2. The molecule has 0 aromatic heterocycles. The van der Waals surface area contributed by atoms with E-state index in [4.69, 9.17) is 9.47 Å². The molecule has 0 heterocycles. The molecular formula is C16H15NO3. The van der Waals surface area contributed by atoms with Crippen molar-refractivity contribution in [2.45, 2.75) is 6.61 Å². The van der Waals surface area contributed by atoms with Gasteiger partial charge in [0.15, 0.2) is 0 Å². The number of amides is 1. The fourth-order valence-electron chi connectivity index (χ4n) is 1.57. The Morgan fingerprint density at radius 2 is 1.80 bits per heavy atom. The van der Waals surface area contributed by atoms with Crippen molar-refractivity contribution < 1.29 is 14.3 Å². The maximum absolute atomic E-state index is 11.5. The quantitative estimate of drug-likeness (QED) is 0.799. The summed E-state index contributed by atoms with van der Waals surface area (Å²) in [5.74, 6) is 0.758. The van der Waals surface area contributed by atoms with Crippen LogP contribution in [0.5, 0.6) is 5.75 Å². The van der Waals surface area contributed by atoms with E-state index in [2.05, 4.69) is 4.99 Å². The predicted octanol–water partition coefficient (Wildman–Crippen LogP) is 3.45. The molecule has 0 saturated heterocycles. The largest absolute Gasteiger partial charge is 0.497 e. The average molecular weight is 269 g/mol. The monoisotopic (exact) mass is 269 g/mol. The van der Waals surface area contributed by atoms with E-state index in [1.54, 1.807) is 19.2 Å². The summed E-state index contributed by atoms with van der Waals surface area (Å²) in [5.41, 5.74) is 1.74. The SMILES string of the molecule is COc1ccc(/C=N/C(=O)OCc2ccccc2)cc1. The molecule has 0 aliphatic heterocycles. The molecule has 2 aromatic carbocycles. The van der Waals surface area contributed by atoms with E-state index in [1.165, 1.54) is 6.21 Å². The number of carbonyl (C=O) groups excluding carboxylic acids is 1. The highest BCUT2D eigenvalue weighted by molar-refractivity contribution is 5.88. The molecule has 0 spiro atoms. The summed E-state index contributed by atoms with van der Waals surface area (Å²) in [6.45, 7) is 0.222.